The first-order chi connectivity index (χ1) is 14.8. The van der Waals surface area contributed by atoms with Crippen molar-refractivity contribution in [2.24, 2.45) is 4.99 Å². The van der Waals surface area contributed by atoms with Gasteiger partial charge in [-0.1, -0.05) is 42.0 Å². The normalized spacial score (nSPS) is 17.0. The van der Waals surface area contributed by atoms with Gasteiger partial charge in [-0.2, -0.15) is 0 Å². The number of benzene rings is 3. The molecule has 0 aromatic heterocycles. The van der Waals surface area contributed by atoms with E-state index >= 15 is 0 Å². The Labute approximate surface area is 186 Å². The molecule has 1 aliphatic rings. The lowest BCUT2D eigenvalue weighted by atomic mass is 10.1. The lowest BCUT2D eigenvalue weighted by molar-refractivity contribution is 0.131. The predicted molar refractivity (Wildman–Crippen MR) is 124 cm³/mol. The fraction of sp³-hybridized carbons (Fsp3) is 0.269. The van der Waals surface area contributed by atoms with E-state index in [4.69, 9.17) is 14.5 Å². The second kappa shape index (κ2) is 8.67. The van der Waals surface area contributed by atoms with Crippen LogP contribution in [0.3, 0.4) is 0 Å². The van der Waals surface area contributed by atoms with E-state index in [0.717, 1.165) is 27.3 Å². The summed E-state index contributed by atoms with van der Waals surface area (Å²) in [6, 6.07) is 23.3. The van der Waals surface area contributed by atoms with Gasteiger partial charge in [0, 0.05) is 4.90 Å². The Hall–Kier alpha value is -2.92. The highest BCUT2D eigenvalue weighted by Gasteiger charge is 2.25. The summed E-state index contributed by atoms with van der Waals surface area (Å²) in [6.07, 6.45) is 0. The molecular weight excluding hydrogens is 406 g/mol. The van der Waals surface area contributed by atoms with Gasteiger partial charge >= 0.3 is 0 Å². The fourth-order valence-electron chi connectivity index (χ4n) is 3.40. The van der Waals surface area contributed by atoms with Crippen LogP contribution in [0.1, 0.15) is 43.5 Å². The molecule has 5 heteroatoms. The van der Waals surface area contributed by atoms with E-state index in [1.165, 1.54) is 0 Å². The summed E-state index contributed by atoms with van der Waals surface area (Å²) in [6.45, 7) is 8.56. The average molecular weight is 434 g/mol. The van der Waals surface area contributed by atoms with Crippen molar-refractivity contribution < 1.29 is 13.7 Å². The largest absolute Gasteiger partial charge is 0.488 e. The van der Waals surface area contributed by atoms with E-state index in [1.54, 1.807) is 0 Å². The zero-order valence-corrected chi connectivity index (χ0v) is 19.1. The number of hydrogen-bond acceptors (Lipinski definition) is 4. The lowest BCUT2D eigenvalue weighted by Crippen LogP contribution is -2.22. The van der Waals surface area contributed by atoms with E-state index in [-0.39, 0.29) is 11.6 Å². The zero-order chi connectivity index (χ0) is 22.0. The Balaban J connectivity index is 1.58. The molecule has 4 nitrogen and oxygen atoms in total. The highest BCUT2D eigenvalue weighted by atomic mass is 32.2. The quantitative estimate of drug-likeness (QED) is 0.506. The van der Waals surface area contributed by atoms with Crippen molar-refractivity contribution in [1.82, 2.24) is 0 Å². The second-order valence-corrected chi connectivity index (χ2v) is 10.1. The summed E-state index contributed by atoms with van der Waals surface area (Å²) < 4.78 is 25.1. The molecule has 0 amide bonds. The van der Waals surface area contributed by atoms with Gasteiger partial charge in [-0.3, -0.25) is 0 Å². The number of aryl methyl sites for hydroxylation is 1. The molecular formula is C26H27NO3S. The van der Waals surface area contributed by atoms with E-state index in [9.17, 15) is 4.21 Å². The van der Waals surface area contributed by atoms with Crippen LogP contribution in [0.5, 0.6) is 5.75 Å². The molecule has 0 N–H and O–H groups in total. The molecule has 0 spiro atoms. The van der Waals surface area contributed by atoms with Gasteiger partial charge in [-0.05, 0) is 69.7 Å². The van der Waals surface area contributed by atoms with Crippen molar-refractivity contribution in [3.8, 4) is 5.75 Å². The highest BCUT2D eigenvalue weighted by Crippen LogP contribution is 2.30. The molecule has 2 atom stereocenters. The average Bonchev–Trinajstić information content (AvgIpc) is 3.23. The van der Waals surface area contributed by atoms with E-state index < -0.39 is 10.8 Å². The maximum atomic E-state index is 13.2. The van der Waals surface area contributed by atoms with Crippen molar-refractivity contribution in [1.29, 1.82) is 0 Å². The standard InChI is InChI=1S/C26H27NO3S/c1-18-9-15-21(16-10-18)31(28)24-8-6-5-7-22(24)25-27-23(17-29-25)19-11-13-20(14-12-19)30-26(2,3)4/h5-16,23H,17H2,1-4H3/t23-,31+/m1/s1. The third-order valence-electron chi connectivity index (χ3n) is 4.89. The first-order valence-electron chi connectivity index (χ1n) is 10.4. The van der Waals surface area contributed by atoms with Gasteiger partial charge < -0.3 is 9.47 Å². The topological polar surface area (TPSA) is 47.9 Å². The van der Waals surface area contributed by atoms with Gasteiger partial charge in [-0.15, -0.1) is 0 Å². The zero-order valence-electron chi connectivity index (χ0n) is 18.3. The number of aliphatic imine (C=N–C) groups is 1. The molecule has 0 radical (unpaired) electrons. The smallest absolute Gasteiger partial charge is 0.218 e. The van der Waals surface area contributed by atoms with Crippen molar-refractivity contribution in [3.63, 3.8) is 0 Å². The van der Waals surface area contributed by atoms with Crippen LogP contribution in [-0.2, 0) is 15.5 Å². The summed E-state index contributed by atoms with van der Waals surface area (Å²) in [5, 5.41) is 0. The summed E-state index contributed by atoms with van der Waals surface area (Å²) in [7, 11) is -1.31. The minimum atomic E-state index is -1.31. The molecule has 0 saturated carbocycles. The number of hydrogen-bond donors (Lipinski definition) is 0. The summed E-state index contributed by atoms with van der Waals surface area (Å²) in [4.78, 5) is 6.28. The molecule has 31 heavy (non-hydrogen) atoms. The summed E-state index contributed by atoms with van der Waals surface area (Å²) in [5.41, 5.74) is 2.74. The van der Waals surface area contributed by atoms with Crippen LogP contribution >= 0.6 is 0 Å². The molecule has 4 rings (SSSR count). The van der Waals surface area contributed by atoms with Crippen molar-refractivity contribution in [2.45, 2.75) is 49.1 Å². The van der Waals surface area contributed by atoms with Crippen molar-refractivity contribution >= 4 is 16.7 Å². The molecule has 0 unspecified atom stereocenters. The Bertz CT molecular complexity index is 1110. The van der Waals surface area contributed by atoms with E-state index in [2.05, 4.69) is 0 Å². The maximum absolute atomic E-state index is 13.2. The van der Waals surface area contributed by atoms with Crippen LogP contribution in [0.25, 0.3) is 0 Å². The van der Waals surface area contributed by atoms with Crippen LogP contribution in [0, 0.1) is 6.92 Å². The molecule has 0 saturated heterocycles. The molecule has 3 aromatic rings. The maximum Gasteiger partial charge on any atom is 0.218 e. The SMILES string of the molecule is Cc1ccc([S@](=O)c2ccccc2C2=N[C@@H](c3ccc(OC(C)(C)C)cc3)CO2)cc1. The molecule has 0 bridgehead atoms. The van der Waals surface area contributed by atoms with Gasteiger partial charge in [0.15, 0.2) is 0 Å². The highest BCUT2D eigenvalue weighted by molar-refractivity contribution is 7.85. The third kappa shape index (κ3) is 5.05. The number of rotatable bonds is 5. The van der Waals surface area contributed by atoms with E-state index in [1.807, 2.05) is 100 Å². The van der Waals surface area contributed by atoms with Crippen molar-refractivity contribution in [3.05, 3.63) is 89.5 Å². The molecule has 0 fully saturated rings. The van der Waals surface area contributed by atoms with Gasteiger partial charge in [0.05, 0.1) is 21.3 Å². The molecule has 0 aliphatic carbocycles. The van der Waals surface area contributed by atoms with Gasteiger partial charge in [-0.25, -0.2) is 9.20 Å². The Morgan fingerprint density at radius 2 is 1.65 bits per heavy atom. The third-order valence-corrected chi connectivity index (χ3v) is 6.35. The van der Waals surface area contributed by atoms with Gasteiger partial charge in [0.1, 0.15) is 24.0 Å². The van der Waals surface area contributed by atoms with Crippen LogP contribution < -0.4 is 4.74 Å². The van der Waals surface area contributed by atoms with Crippen LogP contribution in [0.2, 0.25) is 0 Å². The minimum absolute atomic E-state index is 0.0976. The fourth-order valence-corrected chi connectivity index (χ4v) is 4.59. The van der Waals surface area contributed by atoms with Crippen LogP contribution in [-0.4, -0.2) is 22.3 Å². The van der Waals surface area contributed by atoms with Crippen LogP contribution in [0.15, 0.2) is 87.6 Å². The Kier molecular flexibility index (Phi) is 5.96. The summed E-state index contributed by atoms with van der Waals surface area (Å²) in [5.74, 6) is 1.37. The molecule has 1 aliphatic heterocycles. The Morgan fingerprint density at radius 3 is 2.32 bits per heavy atom. The summed E-state index contributed by atoms with van der Waals surface area (Å²) >= 11 is 0. The molecule has 160 valence electrons. The minimum Gasteiger partial charge on any atom is -0.488 e. The predicted octanol–water partition coefficient (Wildman–Crippen LogP) is 5.86. The lowest BCUT2D eigenvalue weighted by Gasteiger charge is -2.21. The monoisotopic (exact) mass is 433 g/mol. The van der Waals surface area contributed by atoms with Gasteiger partial charge in [0.2, 0.25) is 5.90 Å². The number of ether oxygens (including phenoxy) is 2. The first kappa shape index (κ1) is 21.3. The van der Waals surface area contributed by atoms with Gasteiger partial charge in [0.25, 0.3) is 0 Å². The molecule has 3 aromatic carbocycles. The second-order valence-electron chi connectivity index (χ2n) is 8.62. The van der Waals surface area contributed by atoms with Crippen LogP contribution in [0.4, 0.5) is 0 Å². The van der Waals surface area contributed by atoms with Crippen molar-refractivity contribution in [2.75, 3.05) is 6.61 Å². The first-order valence-corrected chi connectivity index (χ1v) is 11.5. The Morgan fingerprint density at radius 1 is 0.968 bits per heavy atom. The van der Waals surface area contributed by atoms with E-state index in [0.29, 0.717) is 17.4 Å². The number of nitrogens with zero attached hydrogens (tertiary/aromatic N) is 1. The molecule has 1 heterocycles.